The first-order valence-corrected chi connectivity index (χ1v) is 8.05. The van der Waals surface area contributed by atoms with Gasteiger partial charge in [-0.2, -0.15) is 0 Å². The van der Waals surface area contributed by atoms with Crippen LogP contribution < -0.4 is 10.1 Å². The van der Waals surface area contributed by atoms with Gasteiger partial charge in [0.25, 0.3) is 0 Å². The lowest BCUT2D eigenvalue weighted by molar-refractivity contribution is -0.119. The molecule has 1 aliphatic rings. The van der Waals surface area contributed by atoms with Crippen LogP contribution in [0.5, 0.6) is 5.75 Å². The molecule has 1 aromatic carbocycles. The van der Waals surface area contributed by atoms with Gasteiger partial charge in [-0.25, -0.2) is 4.98 Å². The Morgan fingerprint density at radius 2 is 2.00 bits per heavy atom. The maximum atomic E-state index is 12.1. The molecule has 1 amide bonds. The number of hydrogen-bond acceptors (Lipinski definition) is 4. The molecule has 21 heavy (non-hydrogen) atoms. The van der Waals surface area contributed by atoms with E-state index in [1.807, 2.05) is 29.6 Å². The fourth-order valence-corrected chi connectivity index (χ4v) is 3.34. The monoisotopic (exact) mass is 302 g/mol. The summed E-state index contributed by atoms with van der Waals surface area (Å²) in [4.78, 5) is 16.6. The van der Waals surface area contributed by atoms with Gasteiger partial charge < -0.3 is 10.1 Å². The summed E-state index contributed by atoms with van der Waals surface area (Å²) >= 11 is 1.47. The molecule has 2 aromatic rings. The van der Waals surface area contributed by atoms with Crippen molar-refractivity contribution in [3.05, 3.63) is 29.6 Å². The van der Waals surface area contributed by atoms with Gasteiger partial charge in [-0.1, -0.05) is 12.8 Å². The molecule has 5 heteroatoms. The van der Waals surface area contributed by atoms with E-state index in [4.69, 9.17) is 4.74 Å². The van der Waals surface area contributed by atoms with E-state index in [1.54, 1.807) is 7.11 Å². The van der Waals surface area contributed by atoms with Crippen molar-refractivity contribution in [1.29, 1.82) is 0 Å². The standard InChI is InChI=1S/C16H18N2O2S/c1-20-13-8-6-11(7-9-13)14-10-21-16(17-14)18-15(19)12-4-2-3-5-12/h6-10,12H,2-5H2,1H3,(H,17,18,19). The quantitative estimate of drug-likeness (QED) is 0.930. The Bertz CT molecular complexity index is 615. The SMILES string of the molecule is COc1ccc(-c2csc(NC(=O)C3CCCC3)n2)cc1. The van der Waals surface area contributed by atoms with Crippen molar-refractivity contribution in [2.45, 2.75) is 25.7 Å². The molecule has 0 bridgehead atoms. The highest BCUT2D eigenvalue weighted by atomic mass is 32.1. The topological polar surface area (TPSA) is 51.2 Å². The van der Waals surface area contributed by atoms with Gasteiger partial charge >= 0.3 is 0 Å². The van der Waals surface area contributed by atoms with Crippen LogP contribution in [0, 0.1) is 5.92 Å². The minimum Gasteiger partial charge on any atom is -0.497 e. The number of carbonyl (C=O) groups is 1. The van der Waals surface area contributed by atoms with Crippen molar-refractivity contribution < 1.29 is 9.53 Å². The second kappa shape index (κ2) is 6.26. The van der Waals surface area contributed by atoms with Gasteiger partial charge in [0, 0.05) is 16.9 Å². The van der Waals surface area contributed by atoms with E-state index in [0.717, 1.165) is 42.7 Å². The Morgan fingerprint density at radius 3 is 2.67 bits per heavy atom. The number of thiazole rings is 1. The molecule has 0 aliphatic heterocycles. The van der Waals surface area contributed by atoms with Crippen LogP contribution in [0.4, 0.5) is 5.13 Å². The van der Waals surface area contributed by atoms with Crippen molar-refractivity contribution in [1.82, 2.24) is 4.98 Å². The number of aromatic nitrogens is 1. The Kier molecular flexibility index (Phi) is 4.20. The van der Waals surface area contributed by atoms with Crippen molar-refractivity contribution in [2.75, 3.05) is 12.4 Å². The molecule has 110 valence electrons. The summed E-state index contributed by atoms with van der Waals surface area (Å²) in [5.41, 5.74) is 1.90. The maximum absolute atomic E-state index is 12.1. The van der Waals surface area contributed by atoms with Gasteiger partial charge in [-0.05, 0) is 37.1 Å². The number of nitrogens with zero attached hydrogens (tertiary/aromatic N) is 1. The average Bonchev–Trinajstić information content (AvgIpc) is 3.19. The zero-order valence-corrected chi connectivity index (χ0v) is 12.8. The van der Waals surface area contributed by atoms with Crippen LogP contribution in [0.15, 0.2) is 29.6 Å². The molecule has 4 nitrogen and oxygen atoms in total. The minimum absolute atomic E-state index is 0.114. The molecule has 1 aliphatic carbocycles. The van der Waals surface area contributed by atoms with Gasteiger partial charge in [-0.3, -0.25) is 4.79 Å². The number of hydrogen-bond donors (Lipinski definition) is 1. The number of methoxy groups -OCH3 is 1. The van der Waals surface area contributed by atoms with Crippen LogP contribution in [0.3, 0.4) is 0 Å². The Balaban J connectivity index is 1.68. The lowest BCUT2D eigenvalue weighted by atomic mass is 10.1. The highest BCUT2D eigenvalue weighted by molar-refractivity contribution is 7.14. The number of rotatable bonds is 4. The molecular formula is C16H18N2O2S. The molecule has 1 N–H and O–H groups in total. The smallest absolute Gasteiger partial charge is 0.229 e. The van der Waals surface area contributed by atoms with Crippen molar-refractivity contribution in [3.8, 4) is 17.0 Å². The Hall–Kier alpha value is -1.88. The Labute approximate surface area is 128 Å². The van der Waals surface area contributed by atoms with Gasteiger partial charge in [0.1, 0.15) is 5.75 Å². The normalized spacial score (nSPS) is 15.1. The first-order chi connectivity index (χ1) is 10.3. The molecule has 0 radical (unpaired) electrons. The molecular weight excluding hydrogens is 284 g/mol. The third-order valence-electron chi connectivity index (χ3n) is 3.85. The largest absolute Gasteiger partial charge is 0.497 e. The predicted molar refractivity (Wildman–Crippen MR) is 84.7 cm³/mol. The second-order valence-electron chi connectivity index (χ2n) is 5.24. The zero-order chi connectivity index (χ0) is 14.7. The fourth-order valence-electron chi connectivity index (χ4n) is 2.62. The third kappa shape index (κ3) is 3.24. The van der Waals surface area contributed by atoms with E-state index in [9.17, 15) is 4.79 Å². The van der Waals surface area contributed by atoms with Gasteiger partial charge in [0.15, 0.2) is 5.13 Å². The first kappa shape index (κ1) is 14.1. The highest BCUT2D eigenvalue weighted by Crippen LogP contribution is 2.29. The summed E-state index contributed by atoms with van der Waals surface area (Å²) in [5.74, 6) is 1.10. The first-order valence-electron chi connectivity index (χ1n) is 7.17. The molecule has 1 heterocycles. The van der Waals surface area contributed by atoms with Gasteiger partial charge in [0.2, 0.25) is 5.91 Å². The summed E-state index contributed by atoms with van der Waals surface area (Å²) in [6.45, 7) is 0. The lowest BCUT2D eigenvalue weighted by Crippen LogP contribution is -2.20. The lowest BCUT2D eigenvalue weighted by Gasteiger charge is -2.07. The van der Waals surface area contributed by atoms with Gasteiger partial charge in [0.05, 0.1) is 12.8 Å². The van der Waals surface area contributed by atoms with Crippen molar-refractivity contribution >= 4 is 22.4 Å². The van der Waals surface area contributed by atoms with E-state index >= 15 is 0 Å². The number of benzene rings is 1. The molecule has 0 atom stereocenters. The van der Waals surface area contributed by atoms with Crippen LogP contribution in [0.25, 0.3) is 11.3 Å². The molecule has 1 aromatic heterocycles. The van der Waals surface area contributed by atoms with Crippen LogP contribution >= 0.6 is 11.3 Å². The number of carbonyl (C=O) groups excluding carboxylic acids is 1. The summed E-state index contributed by atoms with van der Waals surface area (Å²) in [6, 6.07) is 7.75. The average molecular weight is 302 g/mol. The fraction of sp³-hybridized carbons (Fsp3) is 0.375. The van der Waals surface area contributed by atoms with E-state index in [-0.39, 0.29) is 11.8 Å². The molecule has 0 unspecified atom stereocenters. The van der Waals surface area contributed by atoms with Crippen molar-refractivity contribution in [2.24, 2.45) is 5.92 Å². The van der Waals surface area contributed by atoms with Crippen LogP contribution in [-0.2, 0) is 4.79 Å². The van der Waals surface area contributed by atoms with Gasteiger partial charge in [-0.15, -0.1) is 11.3 Å². The number of ether oxygens (including phenoxy) is 1. The second-order valence-corrected chi connectivity index (χ2v) is 6.10. The zero-order valence-electron chi connectivity index (χ0n) is 12.0. The maximum Gasteiger partial charge on any atom is 0.229 e. The summed E-state index contributed by atoms with van der Waals surface area (Å²) in [7, 11) is 1.65. The van der Waals surface area contributed by atoms with E-state index in [2.05, 4.69) is 10.3 Å². The van der Waals surface area contributed by atoms with Crippen LogP contribution in [0.1, 0.15) is 25.7 Å². The summed E-state index contributed by atoms with van der Waals surface area (Å²) in [6.07, 6.45) is 4.32. The number of anilines is 1. The molecule has 1 saturated carbocycles. The Morgan fingerprint density at radius 1 is 1.29 bits per heavy atom. The summed E-state index contributed by atoms with van der Waals surface area (Å²) in [5, 5.41) is 5.58. The van der Waals surface area contributed by atoms with E-state index in [1.165, 1.54) is 11.3 Å². The minimum atomic E-state index is 0.114. The summed E-state index contributed by atoms with van der Waals surface area (Å²) < 4.78 is 5.15. The molecule has 0 saturated heterocycles. The van der Waals surface area contributed by atoms with E-state index < -0.39 is 0 Å². The molecule has 0 spiro atoms. The molecule has 1 fully saturated rings. The van der Waals surface area contributed by atoms with Crippen molar-refractivity contribution in [3.63, 3.8) is 0 Å². The highest BCUT2D eigenvalue weighted by Gasteiger charge is 2.23. The number of nitrogens with one attached hydrogen (secondary N) is 1. The van der Waals surface area contributed by atoms with Crippen LogP contribution in [-0.4, -0.2) is 18.0 Å². The van der Waals surface area contributed by atoms with Crippen LogP contribution in [0.2, 0.25) is 0 Å². The predicted octanol–water partition coefficient (Wildman–Crippen LogP) is 3.95. The molecule has 3 rings (SSSR count). The third-order valence-corrected chi connectivity index (χ3v) is 4.60. The number of amides is 1. The van der Waals surface area contributed by atoms with E-state index in [0.29, 0.717) is 5.13 Å².